The van der Waals surface area contributed by atoms with E-state index in [0.29, 0.717) is 5.92 Å². The van der Waals surface area contributed by atoms with Crippen molar-refractivity contribution in [3.63, 3.8) is 0 Å². The SMILES string of the molecule is COc1cc(C2(C(C)N)CC2)cc(Cl)c1C1CC1. The Kier molecular flexibility index (Phi) is 2.83. The first-order valence-corrected chi connectivity index (χ1v) is 7.10. The van der Waals surface area contributed by atoms with Crippen LogP contribution < -0.4 is 10.5 Å². The van der Waals surface area contributed by atoms with Gasteiger partial charge in [-0.15, -0.1) is 0 Å². The standard InChI is InChI=1S/C15H20ClNO/c1-9(17)15(5-6-15)11-7-12(16)14(10-3-4-10)13(8-11)18-2/h7-10H,3-6,17H2,1-2H3. The second-order valence-corrected chi connectivity index (χ2v) is 6.20. The van der Waals surface area contributed by atoms with Crippen LogP contribution in [0.3, 0.4) is 0 Å². The molecule has 2 N–H and O–H groups in total. The van der Waals surface area contributed by atoms with Gasteiger partial charge in [-0.25, -0.2) is 0 Å². The number of methoxy groups -OCH3 is 1. The van der Waals surface area contributed by atoms with Crippen LogP contribution in [0.25, 0.3) is 0 Å². The smallest absolute Gasteiger partial charge is 0.124 e. The molecule has 2 aliphatic rings. The normalized spacial score (nSPS) is 22.7. The highest BCUT2D eigenvalue weighted by Gasteiger charge is 2.48. The molecule has 2 aliphatic carbocycles. The summed E-state index contributed by atoms with van der Waals surface area (Å²) in [5.74, 6) is 1.55. The van der Waals surface area contributed by atoms with Gasteiger partial charge in [-0.3, -0.25) is 0 Å². The zero-order valence-corrected chi connectivity index (χ0v) is 11.8. The molecule has 98 valence electrons. The number of halogens is 1. The van der Waals surface area contributed by atoms with Crippen LogP contribution in [-0.4, -0.2) is 13.2 Å². The maximum absolute atomic E-state index is 6.47. The summed E-state index contributed by atoms with van der Waals surface area (Å²) in [5.41, 5.74) is 8.72. The molecule has 1 unspecified atom stereocenters. The maximum Gasteiger partial charge on any atom is 0.124 e. The van der Waals surface area contributed by atoms with Gasteiger partial charge in [0.1, 0.15) is 5.75 Å². The molecule has 2 saturated carbocycles. The van der Waals surface area contributed by atoms with Crippen LogP contribution in [0.1, 0.15) is 49.7 Å². The third kappa shape index (κ3) is 1.83. The van der Waals surface area contributed by atoms with Crippen molar-refractivity contribution in [1.82, 2.24) is 0 Å². The molecule has 3 rings (SSSR count). The van der Waals surface area contributed by atoms with E-state index < -0.39 is 0 Å². The highest BCUT2D eigenvalue weighted by Crippen LogP contribution is 2.54. The fourth-order valence-electron chi connectivity index (χ4n) is 2.96. The summed E-state index contributed by atoms with van der Waals surface area (Å²) in [7, 11) is 1.73. The van der Waals surface area contributed by atoms with Crippen molar-refractivity contribution in [2.75, 3.05) is 7.11 Å². The molecular formula is C15H20ClNO. The highest BCUT2D eigenvalue weighted by atomic mass is 35.5. The van der Waals surface area contributed by atoms with Crippen molar-refractivity contribution in [2.45, 2.75) is 50.0 Å². The molecule has 0 heterocycles. The Hall–Kier alpha value is -0.730. The van der Waals surface area contributed by atoms with Crippen LogP contribution in [-0.2, 0) is 5.41 Å². The van der Waals surface area contributed by atoms with E-state index >= 15 is 0 Å². The second kappa shape index (κ2) is 4.14. The zero-order valence-electron chi connectivity index (χ0n) is 11.0. The van der Waals surface area contributed by atoms with Gasteiger partial charge < -0.3 is 10.5 Å². The van der Waals surface area contributed by atoms with E-state index in [9.17, 15) is 0 Å². The molecule has 2 nitrogen and oxygen atoms in total. The molecular weight excluding hydrogens is 246 g/mol. The number of hydrogen-bond acceptors (Lipinski definition) is 2. The van der Waals surface area contributed by atoms with E-state index in [4.69, 9.17) is 22.1 Å². The number of ether oxygens (including phenoxy) is 1. The minimum atomic E-state index is 0.138. The number of rotatable bonds is 4. The van der Waals surface area contributed by atoms with Crippen LogP contribution in [0.15, 0.2) is 12.1 Å². The topological polar surface area (TPSA) is 35.2 Å². The predicted octanol–water partition coefficient (Wildman–Crippen LogP) is 3.60. The Bertz CT molecular complexity index is 476. The van der Waals surface area contributed by atoms with Gasteiger partial charge in [0.15, 0.2) is 0 Å². The van der Waals surface area contributed by atoms with E-state index in [1.54, 1.807) is 7.11 Å². The lowest BCUT2D eigenvalue weighted by Gasteiger charge is -2.22. The summed E-state index contributed by atoms with van der Waals surface area (Å²) in [5, 5.41) is 0.860. The Balaban J connectivity index is 2.05. The average Bonchev–Trinajstić information content (AvgIpc) is 3.19. The number of benzene rings is 1. The third-order valence-corrected chi connectivity index (χ3v) is 4.85. The Morgan fingerprint density at radius 3 is 2.50 bits per heavy atom. The van der Waals surface area contributed by atoms with Gasteiger partial charge in [0.05, 0.1) is 7.11 Å². The minimum Gasteiger partial charge on any atom is -0.496 e. The first-order chi connectivity index (χ1) is 8.58. The molecule has 3 heteroatoms. The molecule has 2 fully saturated rings. The minimum absolute atomic E-state index is 0.138. The van der Waals surface area contributed by atoms with Gasteiger partial charge in [0.2, 0.25) is 0 Å². The molecule has 0 aliphatic heterocycles. The third-order valence-electron chi connectivity index (χ3n) is 4.53. The van der Waals surface area contributed by atoms with E-state index in [1.807, 2.05) is 0 Å². The van der Waals surface area contributed by atoms with Crippen molar-refractivity contribution < 1.29 is 4.74 Å². The van der Waals surface area contributed by atoms with E-state index in [1.165, 1.54) is 24.0 Å². The molecule has 0 radical (unpaired) electrons. The quantitative estimate of drug-likeness (QED) is 0.903. The summed E-state index contributed by atoms with van der Waals surface area (Å²) in [4.78, 5) is 0. The van der Waals surface area contributed by atoms with Gasteiger partial charge in [-0.2, -0.15) is 0 Å². The molecule has 1 aromatic rings. The largest absolute Gasteiger partial charge is 0.496 e. The molecule has 0 spiro atoms. The summed E-state index contributed by atoms with van der Waals surface area (Å²) in [6, 6.07) is 4.45. The molecule has 18 heavy (non-hydrogen) atoms. The summed E-state index contributed by atoms with van der Waals surface area (Å²) < 4.78 is 5.55. The second-order valence-electron chi connectivity index (χ2n) is 5.79. The predicted molar refractivity (Wildman–Crippen MR) is 74.5 cm³/mol. The number of nitrogens with two attached hydrogens (primary N) is 1. The average molecular weight is 266 g/mol. The van der Waals surface area contributed by atoms with Crippen LogP contribution >= 0.6 is 11.6 Å². The van der Waals surface area contributed by atoms with Crippen LogP contribution in [0.2, 0.25) is 5.02 Å². The molecule has 1 aromatic carbocycles. The lowest BCUT2D eigenvalue weighted by atomic mass is 9.88. The molecule has 0 amide bonds. The summed E-state index contributed by atoms with van der Waals surface area (Å²) in [6.45, 7) is 2.09. The lowest BCUT2D eigenvalue weighted by Crippen LogP contribution is -2.31. The van der Waals surface area contributed by atoms with Crippen LogP contribution in [0.5, 0.6) is 5.75 Å². The van der Waals surface area contributed by atoms with Crippen molar-refractivity contribution >= 4 is 11.6 Å². The number of hydrogen-bond donors (Lipinski definition) is 1. The van der Waals surface area contributed by atoms with E-state index in [-0.39, 0.29) is 11.5 Å². The van der Waals surface area contributed by atoms with Gasteiger partial charge in [-0.1, -0.05) is 11.6 Å². The van der Waals surface area contributed by atoms with Gasteiger partial charge in [0.25, 0.3) is 0 Å². The summed E-state index contributed by atoms with van der Waals surface area (Å²) in [6.07, 6.45) is 4.78. The van der Waals surface area contributed by atoms with E-state index in [0.717, 1.165) is 23.6 Å². The fraction of sp³-hybridized carbons (Fsp3) is 0.600. The van der Waals surface area contributed by atoms with Gasteiger partial charge in [0, 0.05) is 22.0 Å². The first kappa shape index (κ1) is 12.3. The van der Waals surface area contributed by atoms with Crippen molar-refractivity contribution in [3.05, 3.63) is 28.3 Å². The van der Waals surface area contributed by atoms with Crippen molar-refractivity contribution in [3.8, 4) is 5.75 Å². The van der Waals surface area contributed by atoms with Crippen molar-refractivity contribution in [2.24, 2.45) is 5.73 Å². The Morgan fingerprint density at radius 2 is 2.06 bits per heavy atom. The molecule has 0 saturated heterocycles. The van der Waals surface area contributed by atoms with Gasteiger partial charge in [-0.05, 0) is 56.2 Å². The van der Waals surface area contributed by atoms with Crippen LogP contribution in [0.4, 0.5) is 0 Å². The Morgan fingerprint density at radius 1 is 1.39 bits per heavy atom. The molecule has 0 aromatic heterocycles. The highest BCUT2D eigenvalue weighted by molar-refractivity contribution is 6.31. The van der Waals surface area contributed by atoms with Crippen molar-refractivity contribution in [1.29, 1.82) is 0 Å². The van der Waals surface area contributed by atoms with Gasteiger partial charge >= 0.3 is 0 Å². The maximum atomic E-state index is 6.47. The van der Waals surface area contributed by atoms with Crippen LogP contribution in [0, 0.1) is 0 Å². The monoisotopic (exact) mass is 265 g/mol. The van der Waals surface area contributed by atoms with E-state index in [2.05, 4.69) is 19.1 Å². The first-order valence-electron chi connectivity index (χ1n) is 6.72. The summed E-state index contributed by atoms with van der Waals surface area (Å²) >= 11 is 6.47. The molecule has 0 bridgehead atoms. The fourth-order valence-corrected chi connectivity index (χ4v) is 3.32. The molecule has 1 atom stereocenters. The zero-order chi connectivity index (χ0) is 12.9. The lowest BCUT2D eigenvalue weighted by molar-refractivity contribution is 0.408. The Labute approximate surface area is 113 Å².